The monoisotopic (exact) mass is 333 g/mol. The van der Waals surface area contributed by atoms with E-state index >= 15 is 0 Å². The van der Waals surface area contributed by atoms with E-state index in [2.05, 4.69) is 31.9 Å². The summed E-state index contributed by atoms with van der Waals surface area (Å²) in [5.74, 6) is 14.1. The van der Waals surface area contributed by atoms with Crippen LogP contribution < -0.4 is 10.6 Å². The number of nitrogens with two attached hydrogens (primary N) is 1. The molecule has 0 aromatic carbocycles. The molecule has 8 nitrogen and oxygen atoms in total. The molecule has 2 aromatic heterocycles. The van der Waals surface area contributed by atoms with Crippen molar-refractivity contribution >= 4 is 17.9 Å². The Bertz CT molecular complexity index is 964. The number of pyridine rings is 1. The van der Waals surface area contributed by atoms with Crippen molar-refractivity contribution in [1.82, 2.24) is 4.98 Å². The topological polar surface area (TPSA) is 98.4 Å². The second-order valence-electron chi connectivity index (χ2n) is 5.16. The third-order valence-corrected chi connectivity index (χ3v) is 3.39. The predicted octanol–water partition coefficient (Wildman–Crippen LogP) is 1.45. The first kappa shape index (κ1) is 15.0. The van der Waals surface area contributed by atoms with Gasteiger partial charge in [-0.25, -0.2) is 4.99 Å². The number of rotatable bonds is 3. The maximum Gasteiger partial charge on any atom is 0.300 e. The second-order valence-corrected chi connectivity index (χ2v) is 5.16. The first-order valence-electron chi connectivity index (χ1n) is 7.42. The smallest absolute Gasteiger partial charge is 0.300 e. The number of quaternary nitrogens is 1. The Morgan fingerprint density at radius 3 is 3.04 bits per heavy atom. The van der Waals surface area contributed by atoms with Crippen LogP contribution in [0.2, 0.25) is 0 Å². The van der Waals surface area contributed by atoms with Gasteiger partial charge < -0.3 is 9.15 Å². The molecule has 0 bridgehead atoms. The highest BCUT2D eigenvalue weighted by Gasteiger charge is 2.39. The summed E-state index contributed by atoms with van der Waals surface area (Å²) in [5.41, 5.74) is 0.487. The van der Waals surface area contributed by atoms with Crippen LogP contribution in [-0.2, 0) is 0 Å². The molecule has 2 N–H and O–H groups in total. The van der Waals surface area contributed by atoms with Crippen LogP contribution in [0.25, 0.3) is 0 Å². The Labute approximate surface area is 143 Å². The van der Waals surface area contributed by atoms with E-state index in [4.69, 9.17) is 15.0 Å². The number of fused-ring (bicyclic) bond motifs is 1. The van der Waals surface area contributed by atoms with Crippen LogP contribution in [0.3, 0.4) is 0 Å². The normalized spacial score (nSPS) is 20.8. The van der Waals surface area contributed by atoms with Crippen molar-refractivity contribution in [3.63, 3.8) is 0 Å². The van der Waals surface area contributed by atoms with Crippen LogP contribution in [0.5, 0.6) is 5.75 Å². The molecule has 4 heterocycles. The Balaban J connectivity index is 1.48. The summed E-state index contributed by atoms with van der Waals surface area (Å²) in [6, 6.07) is 7.14. The van der Waals surface area contributed by atoms with Crippen LogP contribution in [0.15, 0.2) is 74.3 Å². The highest BCUT2D eigenvalue weighted by atomic mass is 16.5. The van der Waals surface area contributed by atoms with Crippen molar-refractivity contribution in [2.24, 2.45) is 20.9 Å². The van der Waals surface area contributed by atoms with E-state index in [9.17, 15) is 0 Å². The zero-order chi connectivity index (χ0) is 17.1. The zero-order valence-corrected chi connectivity index (χ0v) is 13.0. The number of hydrogen-bond acceptors (Lipinski definition) is 7. The van der Waals surface area contributed by atoms with Crippen molar-refractivity contribution in [2.75, 3.05) is 6.61 Å². The molecule has 0 radical (unpaired) electrons. The average molecular weight is 333 g/mol. The third kappa shape index (κ3) is 3.10. The molecule has 0 saturated heterocycles. The van der Waals surface area contributed by atoms with E-state index in [1.165, 1.54) is 0 Å². The number of ether oxygens (including phenoxy) is 1. The quantitative estimate of drug-likeness (QED) is 0.522. The van der Waals surface area contributed by atoms with Gasteiger partial charge in [0.25, 0.3) is 11.7 Å². The summed E-state index contributed by atoms with van der Waals surface area (Å²) in [7, 11) is 0. The zero-order valence-electron chi connectivity index (χ0n) is 13.0. The van der Waals surface area contributed by atoms with E-state index in [0.29, 0.717) is 28.9 Å². The van der Waals surface area contributed by atoms with Crippen LogP contribution in [0.1, 0.15) is 5.76 Å². The number of aliphatic imine (C=N–C) groups is 2. The van der Waals surface area contributed by atoms with Gasteiger partial charge in [-0.1, -0.05) is 5.92 Å². The molecule has 122 valence electrons. The Morgan fingerprint density at radius 1 is 1.28 bits per heavy atom. The number of allylic oxidation sites excluding steroid dienone is 1. The highest BCUT2D eigenvalue weighted by molar-refractivity contribution is 6.31. The lowest BCUT2D eigenvalue weighted by atomic mass is 10.4. The minimum atomic E-state index is -0.340. The number of aromatic nitrogens is 1. The number of furan rings is 1. The van der Waals surface area contributed by atoms with Crippen molar-refractivity contribution in [3.8, 4) is 17.6 Å². The fraction of sp³-hybridized carbons (Fsp3) is 0.0588. The first-order valence-corrected chi connectivity index (χ1v) is 7.42. The van der Waals surface area contributed by atoms with E-state index in [1.807, 2.05) is 6.07 Å². The van der Waals surface area contributed by atoms with E-state index in [0.717, 1.165) is 0 Å². The van der Waals surface area contributed by atoms with Gasteiger partial charge in [-0.15, -0.1) is 5.84 Å². The lowest BCUT2D eigenvalue weighted by Crippen LogP contribution is -2.50. The molecule has 0 spiro atoms. The molecule has 2 aromatic rings. The minimum absolute atomic E-state index is 0.213. The van der Waals surface area contributed by atoms with Gasteiger partial charge in [-0.3, -0.25) is 4.98 Å². The van der Waals surface area contributed by atoms with Gasteiger partial charge in [-0.2, -0.15) is 4.99 Å². The summed E-state index contributed by atoms with van der Waals surface area (Å²) in [5, 5.41) is 4.37. The van der Waals surface area contributed by atoms with Gasteiger partial charge in [-0.05, 0) is 40.0 Å². The molecule has 4 rings (SSSR count). The predicted molar refractivity (Wildman–Crippen MR) is 91.2 cm³/mol. The highest BCUT2D eigenvalue weighted by Crippen LogP contribution is 2.21. The molecule has 0 fully saturated rings. The Kier molecular flexibility index (Phi) is 3.70. The molecule has 0 amide bonds. The van der Waals surface area contributed by atoms with E-state index in [1.54, 1.807) is 49.3 Å². The largest absolute Gasteiger partial charge is 0.479 e. The summed E-state index contributed by atoms with van der Waals surface area (Å²) in [4.78, 5) is 12.5. The lowest BCUT2D eigenvalue weighted by Gasteiger charge is -2.17. The fourth-order valence-electron chi connectivity index (χ4n) is 2.24. The van der Waals surface area contributed by atoms with Crippen molar-refractivity contribution < 1.29 is 13.9 Å². The van der Waals surface area contributed by atoms with Gasteiger partial charge in [0.05, 0.1) is 12.5 Å². The molecule has 1 unspecified atom stereocenters. The second kappa shape index (κ2) is 6.16. The molecule has 2 aliphatic heterocycles. The minimum Gasteiger partial charge on any atom is -0.479 e. The maximum absolute atomic E-state index is 6.25. The molecule has 25 heavy (non-hydrogen) atoms. The Morgan fingerprint density at radius 2 is 2.24 bits per heavy atom. The average Bonchev–Trinajstić information content (AvgIpc) is 3.26. The maximum atomic E-state index is 6.25. The lowest BCUT2D eigenvalue weighted by molar-refractivity contribution is -0.803. The number of nitrogens with zero attached hydrogens (tertiary/aromatic N) is 5. The van der Waals surface area contributed by atoms with Crippen molar-refractivity contribution in [1.29, 1.82) is 0 Å². The van der Waals surface area contributed by atoms with Gasteiger partial charge in [0, 0.05) is 6.20 Å². The van der Waals surface area contributed by atoms with Crippen molar-refractivity contribution in [2.45, 2.75) is 0 Å². The number of hydrogen-bond donors (Lipinski definition) is 1. The molecular weight excluding hydrogens is 320 g/mol. The molecule has 1 atom stereocenters. The SMILES string of the molecule is N[N+]12C=C(C#CCOc3cccnc3)N=CC1=NC(c1ccco1)=N2. The summed E-state index contributed by atoms with van der Waals surface area (Å²) < 4.78 is 10.4. The number of amidine groups is 2. The third-order valence-electron chi connectivity index (χ3n) is 3.39. The van der Waals surface area contributed by atoms with Gasteiger partial charge in [0.1, 0.15) is 18.6 Å². The molecule has 0 aliphatic carbocycles. The summed E-state index contributed by atoms with van der Waals surface area (Å²) >= 11 is 0. The fourth-order valence-corrected chi connectivity index (χ4v) is 2.24. The molecule has 8 heteroatoms. The molecule has 0 saturated carbocycles. The van der Waals surface area contributed by atoms with Crippen molar-refractivity contribution in [3.05, 3.63) is 60.6 Å². The van der Waals surface area contributed by atoms with Gasteiger partial charge >= 0.3 is 0 Å². The molecular formula is C17H13N6O2+. The van der Waals surface area contributed by atoms with Crippen LogP contribution in [0.4, 0.5) is 0 Å². The first-order chi connectivity index (χ1) is 12.2. The van der Waals surface area contributed by atoms with Gasteiger partial charge in [0.15, 0.2) is 17.7 Å². The summed E-state index contributed by atoms with van der Waals surface area (Å²) in [6.07, 6.45) is 8.02. The van der Waals surface area contributed by atoms with Crippen LogP contribution in [0, 0.1) is 11.8 Å². The van der Waals surface area contributed by atoms with E-state index in [-0.39, 0.29) is 11.3 Å². The van der Waals surface area contributed by atoms with Gasteiger partial charge in [0.2, 0.25) is 0 Å². The Hall–Kier alpha value is -3.54. The summed E-state index contributed by atoms with van der Waals surface area (Å²) in [6.45, 7) is 0.213. The van der Waals surface area contributed by atoms with Crippen LogP contribution >= 0.6 is 0 Å². The molecule has 2 aliphatic rings. The van der Waals surface area contributed by atoms with E-state index < -0.39 is 0 Å². The van der Waals surface area contributed by atoms with Crippen LogP contribution in [-0.4, -0.2) is 34.2 Å². The standard InChI is InChI=1S/C17H13N6O2/c18-23-12-13(4-2-8-24-14-5-1-7-19-10-14)20-11-16(23)21-17(22-23)15-6-3-9-25-15/h1,3,5-7,9-12H,8,18H2/q+1.